The normalized spacial score (nSPS) is 11.4. The van der Waals surface area contributed by atoms with E-state index in [0.29, 0.717) is 4.60 Å². The van der Waals surface area contributed by atoms with E-state index in [1.807, 2.05) is 0 Å². The van der Waals surface area contributed by atoms with Gasteiger partial charge in [-0.2, -0.15) is 13.2 Å². The molecule has 0 aromatic carbocycles. The molecule has 0 atom stereocenters. The SMILES string of the molecule is Nc1cc(Br)ncc1NCC(F)(F)F. The summed E-state index contributed by atoms with van der Waals surface area (Å²) in [5.41, 5.74) is 5.84. The van der Waals surface area contributed by atoms with Crippen LogP contribution in [0.3, 0.4) is 0 Å². The van der Waals surface area contributed by atoms with Crippen molar-refractivity contribution in [2.45, 2.75) is 6.18 Å². The van der Waals surface area contributed by atoms with Crippen molar-refractivity contribution in [1.29, 1.82) is 0 Å². The molecule has 3 N–H and O–H groups in total. The highest BCUT2D eigenvalue weighted by Crippen LogP contribution is 2.22. The minimum absolute atomic E-state index is 0.172. The Morgan fingerprint density at radius 1 is 1.50 bits per heavy atom. The van der Waals surface area contributed by atoms with Gasteiger partial charge in [0, 0.05) is 0 Å². The van der Waals surface area contributed by atoms with Crippen LogP contribution in [0.25, 0.3) is 0 Å². The van der Waals surface area contributed by atoms with Gasteiger partial charge >= 0.3 is 6.18 Å². The number of rotatable bonds is 2. The Balaban J connectivity index is 2.68. The van der Waals surface area contributed by atoms with E-state index in [2.05, 4.69) is 26.2 Å². The van der Waals surface area contributed by atoms with Crippen LogP contribution in [0.2, 0.25) is 0 Å². The van der Waals surface area contributed by atoms with E-state index in [0.717, 1.165) is 0 Å². The number of nitrogens with two attached hydrogens (primary N) is 1. The highest BCUT2D eigenvalue weighted by Gasteiger charge is 2.26. The fourth-order valence-electron chi connectivity index (χ4n) is 0.787. The number of hydrogen-bond acceptors (Lipinski definition) is 3. The minimum Gasteiger partial charge on any atom is -0.397 e. The van der Waals surface area contributed by atoms with Gasteiger partial charge in [0.2, 0.25) is 0 Å². The number of nitrogens with zero attached hydrogens (tertiary/aromatic N) is 1. The molecule has 7 heteroatoms. The zero-order valence-electron chi connectivity index (χ0n) is 6.90. The molecule has 0 fully saturated rings. The highest BCUT2D eigenvalue weighted by molar-refractivity contribution is 9.10. The molecule has 1 aromatic rings. The van der Waals surface area contributed by atoms with Crippen LogP contribution < -0.4 is 11.1 Å². The Morgan fingerprint density at radius 3 is 2.64 bits per heavy atom. The molecule has 0 amide bonds. The molecule has 0 aliphatic rings. The van der Waals surface area contributed by atoms with Crippen LogP contribution >= 0.6 is 15.9 Å². The van der Waals surface area contributed by atoms with Crippen molar-refractivity contribution >= 4 is 27.3 Å². The summed E-state index contributed by atoms with van der Waals surface area (Å²) in [5.74, 6) is 0. The van der Waals surface area contributed by atoms with E-state index in [-0.39, 0.29) is 11.4 Å². The predicted octanol–water partition coefficient (Wildman–Crippen LogP) is 2.40. The molecule has 0 spiro atoms. The van der Waals surface area contributed by atoms with Gasteiger partial charge in [0.1, 0.15) is 11.1 Å². The topological polar surface area (TPSA) is 50.9 Å². The number of nitrogens with one attached hydrogen (secondary N) is 1. The van der Waals surface area contributed by atoms with E-state index < -0.39 is 12.7 Å². The van der Waals surface area contributed by atoms with E-state index in [1.54, 1.807) is 0 Å². The molecular weight excluding hydrogens is 263 g/mol. The van der Waals surface area contributed by atoms with Crippen LogP contribution in [0.15, 0.2) is 16.9 Å². The van der Waals surface area contributed by atoms with E-state index in [1.165, 1.54) is 12.3 Å². The first-order chi connectivity index (χ1) is 6.38. The Labute approximate surface area is 86.6 Å². The van der Waals surface area contributed by atoms with Crippen molar-refractivity contribution < 1.29 is 13.2 Å². The van der Waals surface area contributed by atoms with E-state index >= 15 is 0 Å². The predicted molar refractivity (Wildman–Crippen MR) is 50.9 cm³/mol. The van der Waals surface area contributed by atoms with Gasteiger partial charge in [-0.15, -0.1) is 0 Å². The average Bonchev–Trinajstić information content (AvgIpc) is 2.00. The first kappa shape index (κ1) is 11.1. The lowest BCUT2D eigenvalue weighted by Gasteiger charge is -2.10. The van der Waals surface area contributed by atoms with Gasteiger partial charge in [0.05, 0.1) is 17.6 Å². The Bertz CT molecular complexity index is 326. The lowest BCUT2D eigenvalue weighted by Crippen LogP contribution is -2.21. The number of pyridine rings is 1. The summed E-state index contributed by atoms with van der Waals surface area (Å²) in [6.07, 6.45) is -3.02. The fourth-order valence-corrected chi connectivity index (χ4v) is 1.14. The summed E-state index contributed by atoms with van der Waals surface area (Å²) >= 11 is 3.05. The number of halogens is 4. The molecule has 0 saturated heterocycles. The zero-order chi connectivity index (χ0) is 10.8. The Kier molecular flexibility index (Phi) is 3.20. The van der Waals surface area contributed by atoms with Crippen molar-refractivity contribution in [2.75, 3.05) is 17.6 Å². The monoisotopic (exact) mass is 269 g/mol. The van der Waals surface area contributed by atoms with Crippen molar-refractivity contribution in [1.82, 2.24) is 4.98 Å². The van der Waals surface area contributed by atoms with Gasteiger partial charge in [-0.3, -0.25) is 0 Å². The third kappa shape index (κ3) is 3.41. The van der Waals surface area contributed by atoms with Crippen molar-refractivity contribution in [3.63, 3.8) is 0 Å². The Hall–Kier alpha value is -0.980. The van der Waals surface area contributed by atoms with Gasteiger partial charge in [0.25, 0.3) is 0 Å². The molecule has 3 nitrogen and oxygen atoms in total. The molecule has 0 bridgehead atoms. The van der Waals surface area contributed by atoms with Crippen LogP contribution in [-0.4, -0.2) is 17.7 Å². The molecule has 0 aliphatic heterocycles. The van der Waals surface area contributed by atoms with Crippen molar-refractivity contribution in [2.24, 2.45) is 0 Å². The molecule has 1 rings (SSSR count). The molecular formula is C7H7BrF3N3. The first-order valence-electron chi connectivity index (χ1n) is 3.60. The zero-order valence-corrected chi connectivity index (χ0v) is 8.48. The molecule has 0 unspecified atom stereocenters. The van der Waals surface area contributed by atoms with Crippen molar-refractivity contribution in [3.8, 4) is 0 Å². The quantitative estimate of drug-likeness (QED) is 0.811. The number of nitrogen functional groups attached to an aromatic ring is 1. The van der Waals surface area contributed by atoms with Gasteiger partial charge < -0.3 is 11.1 Å². The summed E-state index contributed by atoms with van der Waals surface area (Å²) in [4.78, 5) is 3.75. The summed E-state index contributed by atoms with van der Waals surface area (Å²) in [6.45, 7) is -1.12. The van der Waals surface area contributed by atoms with Gasteiger partial charge in [-0.25, -0.2) is 4.98 Å². The lowest BCUT2D eigenvalue weighted by molar-refractivity contribution is -0.115. The van der Waals surface area contributed by atoms with Crippen LogP contribution in [0.4, 0.5) is 24.5 Å². The third-order valence-corrected chi connectivity index (χ3v) is 1.82. The van der Waals surface area contributed by atoms with Gasteiger partial charge in [0.15, 0.2) is 0 Å². The number of aromatic nitrogens is 1. The van der Waals surface area contributed by atoms with Crippen molar-refractivity contribution in [3.05, 3.63) is 16.9 Å². The largest absolute Gasteiger partial charge is 0.405 e. The van der Waals surface area contributed by atoms with Crippen LogP contribution in [-0.2, 0) is 0 Å². The summed E-state index contributed by atoms with van der Waals surface area (Å²) in [7, 11) is 0. The van der Waals surface area contributed by atoms with Crippen LogP contribution in [0, 0.1) is 0 Å². The second kappa shape index (κ2) is 4.04. The molecule has 0 saturated carbocycles. The number of anilines is 2. The number of alkyl halides is 3. The smallest absolute Gasteiger partial charge is 0.397 e. The minimum atomic E-state index is -4.26. The van der Waals surface area contributed by atoms with Crippen LogP contribution in [0.1, 0.15) is 0 Å². The van der Waals surface area contributed by atoms with Crippen LogP contribution in [0.5, 0.6) is 0 Å². The second-order valence-corrected chi connectivity index (χ2v) is 3.38. The standard InChI is InChI=1S/C7H7BrF3N3/c8-6-1-4(12)5(2-13-6)14-3-7(9,10)11/h1-2,14H,3H2,(H2,12,13). The first-order valence-corrected chi connectivity index (χ1v) is 4.39. The maximum atomic E-state index is 11.8. The van der Waals surface area contributed by atoms with Gasteiger partial charge in [-0.05, 0) is 22.0 Å². The average molecular weight is 270 g/mol. The van der Waals surface area contributed by atoms with Gasteiger partial charge in [-0.1, -0.05) is 0 Å². The molecule has 0 radical (unpaired) electrons. The molecule has 1 aromatic heterocycles. The lowest BCUT2D eigenvalue weighted by atomic mass is 10.3. The molecule has 14 heavy (non-hydrogen) atoms. The van der Waals surface area contributed by atoms with E-state index in [4.69, 9.17) is 5.73 Å². The van der Waals surface area contributed by atoms with E-state index in [9.17, 15) is 13.2 Å². The third-order valence-electron chi connectivity index (χ3n) is 1.38. The number of hydrogen-bond donors (Lipinski definition) is 2. The fraction of sp³-hybridized carbons (Fsp3) is 0.286. The Morgan fingerprint density at radius 2 is 2.14 bits per heavy atom. The summed E-state index contributed by atoms with van der Waals surface area (Å²) < 4.78 is 35.9. The second-order valence-electron chi connectivity index (χ2n) is 2.56. The summed E-state index contributed by atoms with van der Waals surface area (Å²) in [5, 5.41) is 2.15. The maximum Gasteiger partial charge on any atom is 0.405 e. The summed E-state index contributed by atoms with van der Waals surface area (Å²) in [6, 6.07) is 1.43. The molecule has 1 heterocycles. The highest BCUT2D eigenvalue weighted by atomic mass is 79.9. The maximum absolute atomic E-state index is 11.8. The molecule has 78 valence electrons. The molecule has 0 aliphatic carbocycles.